The van der Waals surface area contributed by atoms with Crippen molar-refractivity contribution in [1.82, 2.24) is 5.16 Å². The lowest BCUT2D eigenvalue weighted by molar-refractivity contribution is 0.102. The number of halogens is 1. The van der Waals surface area contributed by atoms with Crippen LogP contribution >= 0.6 is 23.4 Å². The molecular formula is C18H15ClN2O2S. The molecular weight excluding hydrogens is 344 g/mol. The van der Waals surface area contributed by atoms with Gasteiger partial charge in [-0.15, -0.1) is 11.8 Å². The summed E-state index contributed by atoms with van der Waals surface area (Å²) in [6.07, 6.45) is 1.96. The van der Waals surface area contributed by atoms with Crippen molar-refractivity contribution < 1.29 is 9.32 Å². The third kappa shape index (κ3) is 3.18. The molecule has 0 bridgehead atoms. The Morgan fingerprint density at radius 3 is 2.62 bits per heavy atom. The zero-order valence-corrected chi connectivity index (χ0v) is 14.7. The maximum absolute atomic E-state index is 12.8. The van der Waals surface area contributed by atoms with Crippen LogP contribution in [-0.4, -0.2) is 17.3 Å². The summed E-state index contributed by atoms with van der Waals surface area (Å²) in [6.45, 7) is 1.71. The Hall–Kier alpha value is -2.24. The molecule has 1 N–H and O–H groups in total. The zero-order valence-electron chi connectivity index (χ0n) is 13.2. The van der Waals surface area contributed by atoms with Gasteiger partial charge in [-0.2, -0.15) is 0 Å². The maximum atomic E-state index is 12.8. The molecule has 1 heterocycles. The average Bonchev–Trinajstić information content (AvgIpc) is 2.97. The monoisotopic (exact) mass is 358 g/mol. The molecule has 0 aliphatic rings. The predicted molar refractivity (Wildman–Crippen MR) is 97.9 cm³/mol. The number of carbonyl (C=O) groups is 1. The SMILES string of the molecule is CSc1ccccc1NC(=O)c1c(-c2ccccc2Cl)noc1C. The maximum Gasteiger partial charge on any atom is 0.261 e. The van der Waals surface area contributed by atoms with E-state index >= 15 is 0 Å². The molecule has 0 spiro atoms. The number of nitrogens with one attached hydrogen (secondary N) is 1. The number of thioether (sulfide) groups is 1. The lowest BCUT2D eigenvalue weighted by atomic mass is 10.1. The van der Waals surface area contributed by atoms with Crippen LogP contribution in [0, 0.1) is 6.92 Å². The van der Waals surface area contributed by atoms with Crippen LogP contribution in [0.3, 0.4) is 0 Å². The normalized spacial score (nSPS) is 10.6. The van der Waals surface area contributed by atoms with Crippen LogP contribution in [0.2, 0.25) is 5.02 Å². The lowest BCUT2D eigenvalue weighted by Crippen LogP contribution is -2.14. The van der Waals surface area contributed by atoms with E-state index in [1.165, 1.54) is 0 Å². The third-order valence-electron chi connectivity index (χ3n) is 3.57. The molecule has 24 heavy (non-hydrogen) atoms. The van der Waals surface area contributed by atoms with E-state index in [-0.39, 0.29) is 5.91 Å². The summed E-state index contributed by atoms with van der Waals surface area (Å²) < 4.78 is 5.25. The molecule has 0 aliphatic carbocycles. The second-order valence-electron chi connectivity index (χ2n) is 5.10. The first-order chi connectivity index (χ1) is 11.6. The topological polar surface area (TPSA) is 55.1 Å². The Morgan fingerprint density at radius 1 is 1.17 bits per heavy atom. The minimum Gasteiger partial charge on any atom is -0.360 e. The first-order valence-electron chi connectivity index (χ1n) is 7.27. The van der Waals surface area contributed by atoms with Crippen molar-refractivity contribution in [3.05, 3.63) is 64.9 Å². The van der Waals surface area contributed by atoms with E-state index in [9.17, 15) is 4.79 Å². The highest BCUT2D eigenvalue weighted by molar-refractivity contribution is 7.98. The lowest BCUT2D eigenvalue weighted by Gasteiger charge is -2.09. The Kier molecular flexibility index (Phi) is 4.92. The molecule has 0 atom stereocenters. The number of rotatable bonds is 4. The molecule has 1 amide bonds. The largest absolute Gasteiger partial charge is 0.360 e. The number of aromatic nitrogens is 1. The van der Waals surface area contributed by atoms with Crippen LogP contribution in [0.4, 0.5) is 5.69 Å². The minimum absolute atomic E-state index is 0.273. The number of amides is 1. The van der Waals surface area contributed by atoms with Gasteiger partial charge < -0.3 is 9.84 Å². The van der Waals surface area contributed by atoms with Gasteiger partial charge in [0.2, 0.25) is 0 Å². The first-order valence-corrected chi connectivity index (χ1v) is 8.87. The van der Waals surface area contributed by atoms with E-state index in [1.807, 2.05) is 48.7 Å². The van der Waals surface area contributed by atoms with E-state index in [0.29, 0.717) is 27.6 Å². The van der Waals surface area contributed by atoms with Crippen LogP contribution < -0.4 is 5.32 Å². The third-order valence-corrected chi connectivity index (χ3v) is 4.70. The Balaban J connectivity index is 2.00. The average molecular weight is 359 g/mol. The molecule has 1 aromatic heterocycles. The molecule has 0 unspecified atom stereocenters. The van der Waals surface area contributed by atoms with Gasteiger partial charge in [-0.25, -0.2) is 0 Å². The molecule has 4 nitrogen and oxygen atoms in total. The summed E-state index contributed by atoms with van der Waals surface area (Å²) in [6, 6.07) is 14.9. The Morgan fingerprint density at radius 2 is 1.88 bits per heavy atom. The highest BCUT2D eigenvalue weighted by atomic mass is 35.5. The predicted octanol–water partition coefficient (Wildman–Crippen LogP) is 5.28. The van der Waals surface area contributed by atoms with Gasteiger partial charge >= 0.3 is 0 Å². The fourth-order valence-corrected chi connectivity index (χ4v) is 3.19. The number of aryl methyl sites for hydroxylation is 1. The smallest absolute Gasteiger partial charge is 0.261 e. The summed E-state index contributed by atoms with van der Waals surface area (Å²) >= 11 is 7.80. The van der Waals surface area contributed by atoms with Crippen LogP contribution in [0.1, 0.15) is 16.1 Å². The number of benzene rings is 2. The fourth-order valence-electron chi connectivity index (χ4n) is 2.41. The van der Waals surface area contributed by atoms with E-state index in [0.717, 1.165) is 10.6 Å². The second-order valence-corrected chi connectivity index (χ2v) is 6.35. The Bertz CT molecular complexity index is 892. The number of carbonyl (C=O) groups excluding carboxylic acids is 1. The van der Waals surface area contributed by atoms with E-state index in [1.54, 1.807) is 24.8 Å². The molecule has 0 fully saturated rings. The fraction of sp³-hybridized carbons (Fsp3) is 0.111. The second kappa shape index (κ2) is 7.11. The van der Waals surface area contributed by atoms with Gasteiger partial charge in [0.1, 0.15) is 17.0 Å². The van der Waals surface area contributed by atoms with E-state index in [2.05, 4.69) is 10.5 Å². The van der Waals surface area contributed by atoms with Crippen LogP contribution in [0.5, 0.6) is 0 Å². The molecule has 0 aliphatic heterocycles. The van der Waals surface area contributed by atoms with Crippen molar-refractivity contribution in [3.63, 3.8) is 0 Å². The summed E-state index contributed by atoms with van der Waals surface area (Å²) in [5.41, 5.74) is 2.25. The summed E-state index contributed by atoms with van der Waals surface area (Å²) in [4.78, 5) is 13.8. The van der Waals surface area contributed by atoms with Gasteiger partial charge in [0, 0.05) is 10.5 Å². The standard InChI is InChI=1S/C18H15ClN2O2S/c1-11-16(17(21-23-11)12-7-3-4-8-13(12)19)18(22)20-14-9-5-6-10-15(14)24-2/h3-10H,1-2H3,(H,20,22). The van der Waals surface area contributed by atoms with Crippen molar-refractivity contribution in [2.24, 2.45) is 0 Å². The number of anilines is 1. The summed E-state index contributed by atoms with van der Waals surface area (Å²) in [7, 11) is 0. The van der Waals surface area contributed by atoms with Gasteiger partial charge in [0.25, 0.3) is 5.91 Å². The molecule has 3 aromatic rings. The van der Waals surface area contributed by atoms with Gasteiger partial charge in [-0.05, 0) is 31.4 Å². The Labute approximate surface area is 149 Å². The molecule has 122 valence electrons. The van der Waals surface area contributed by atoms with Crippen molar-refractivity contribution in [1.29, 1.82) is 0 Å². The number of nitrogens with zero attached hydrogens (tertiary/aromatic N) is 1. The molecule has 3 rings (SSSR count). The van der Waals surface area contributed by atoms with Crippen molar-refractivity contribution in [2.45, 2.75) is 11.8 Å². The first kappa shape index (κ1) is 16.6. The van der Waals surface area contributed by atoms with E-state index in [4.69, 9.17) is 16.1 Å². The number of hydrogen-bond acceptors (Lipinski definition) is 4. The molecule has 0 saturated heterocycles. The van der Waals surface area contributed by atoms with Gasteiger partial charge in [-0.1, -0.05) is 47.1 Å². The highest BCUT2D eigenvalue weighted by Gasteiger charge is 2.23. The van der Waals surface area contributed by atoms with Crippen molar-refractivity contribution in [3.8, 4) is 11.3 Å². The number of para-hydroxylation sites is 1. The van der Waals surface area contributed by atoms with Crippen molar-refractivity contribution in [2.75, 3.05) is 11.6 Å². The minimum atomic E-state index is -0.273. The molecule has 6 heteroatoms. The molecule has 2 aromatic carbocycles. The van der Waals surface area contributed by atoms with Crippen LogP contribution in [0.15, 0.2) is 57.9 Å². The quantitative estimate of drug-likeness (QED) is 0.645. The zero-order chi connectivity index (χ0) is 17.1. The van der Waals surface area contributed by atoms with Gasteiger partial charge in [0.05, 0.1) is 10.7 Å². The molecule has 0 saturated carbocycles. The molecule has 0 radical (unpaired) electrons. The van der Waals surface area contributed by atoms with Gasteiger partial charge in [0.15, 0.2) is 0 Å². The van der Waals surface area contributed by atoms with Crippen LogP contribution in [-0.2, 0) is 0 Å². The summed E-state index contributed by atoms with van der Waals surface area (Å²) in [5, 5.41) is 7.48. The van der Waals surface area contributed by atoms with E-state index < -0.39 is 0 Å². The van der Waals surface area contributed by atoms with Crippen LogP contribution in [0.25, 0.3) is 11.3 Å². The van der Waals surface area contributed by atoms with Crippen molar-refractivity contribution >= 4 is 35.0 Å². The highest BCUT2D eigenvalue weighted by Crippen LogP contribution is 2.32. The van der Waals surface area contributed by atoms with Gasteiger partial charge in [-0.3, -0.25) is 4.79 Å². The summed E-state index contributed by atoms with van der Waals surface area (Å²) in [5.74, 6) is 0.175. The number of hydrogen-bond donors (Lipinski definition) is 1.